The SMILES string of the molecule is CC(C)(C)C(CO)CCCN(C(C)(C)C)S(C)(=O)=O. The number of aliphatic hydroxyl groups excluding tert-OH is 1. The molecule has 0 bridgehead atoms. The van der Waals surface area contributed by atoms with Gasteiger partial charge in [0.2, 0.25) is 10.0 Å². The van der Waals surface area contributed by atoms with Gasteiger partial charge in [-0.25, -0.2) is 8.42 Å². The van der Waals surface area contributed by atoms with Crippen molar-refractivity contribution in [3.63, 3.8) is 0 Å². The predicted octanol–water partition coefficient (Wildman–Crippen LogP) is 2.48. The molecule has 116 valence electrons. The van der Waals surface area contributed by atoms with Crippen LogP contribution in [0.5, 0.6) is 0 Å². The van der Waals surface area contributed by atoms with Crippen molar-refractivity contribution < 1.29 is 13.5 Å². The van der Waals surface area contributed by atoms with E-state index < -0.39 is 15.6 Å². The molecule has 0 aromatic rings. The number of hydrogen-bond donors (Lipinski definition) is 1. The molecule has 1 N–H and O–H groups in total. The van der Waals surface area contributed by atoms with Crippen molar-refractivity contribution in [3.05, 3.63) is 0 Å². The van der Waals surface area contributed by atoms with E-state index in [1.165, 1.54) is 10.6 Å². The Morgan fingerprint density at radius 1 is 1.11 bits per heavy atom. The maximum atomic E-state index is 11.8. The van der Waals surface area contributed by atoms with Gasteiger partial charge in [0.1, 0.15) is 0 Å². The maximum Gasteiger partial charge on any atom is 0.211 e. The smallest absolute Gasteiger partial charge is 0.211 e. The normalized spacial score (nSPS) is 15.8. The summed E-state index contributed by atoms with van der Waals surface area (Å²) in [5, 5.41) is 9.41. The molecule has 5 heteroatoms. The standard InChI is InChI=1S/C14H31NO3S/c1-13(2,3)12(11-16)9-8-10-15(14(4,5)6)19(7,17)18/h12,16H,8-11H2,1-7H3. The van der Waals surface area contributed by atoms with Crippen LogP contribution in [-0.2, 0) is 10.0 Å². The van der Waals surface area contributed by atoms with Gasteiger partial charge in [0.25, 0.3) is 0 Å². The van der Waals surface area contributed by atoms with Crippen molar-refractivity contribution in [2.24, 2.45) is 11.3 Å². The lowest BCUT2D eigenvalue weighted by Crippen LogP contribution is -2.45. The van der Waals surface area contributed by atoms with Crippen LogP contribution in [0.25, 0.3) is 0 Å². The fourth-order valence-corrected chi connectivity index (χ4v) is 3.73. The second kappa shape index (κ2) is 6.55. The molecule has 0 saturated carbocycles. The highest BCUT2D eigenvalue weighted by Crippen LogP contribution is 2.29. The second-order valence-electron chi connectivity index (χ2n) is 7.39. The Balaban J connectivity index is 4.61. The highest BCUT2D eigenvalue weighted by atomic mass is 32.2. The highest BCUT2D eigenvalue weighted by molar-refractivity contribution is 7.88. The summed E-state index contributed by atoms with van der Waals surface area (Å²) in [6.07, 6.45) is 2.86. The molecule has 0 aliphatic rings. The molecule has 0 aliphatic heterocycles. The van der Waals surface area contributed by atoms with Crippen LogP contribution in [0, 0.1) is 11.3 Å². The van der Waals surface area contributed by atoms with Crippen LogP contribution in [0.4, 0.5) is 0 Å². The molecule has 0 aromatic carbocycles. The quantitative estimate of drug-likeness (QED) is 0.818. The number of sulfonamides is 1. The van der Waals surface area contributed by atoms with Crippen LogP contribution in [0.15, 0.2) is 0 Å². The third kappa shape index (κ3) is 6.72. The third-order valence-electron chi connectivity index (χ3n) is 3.51. The van der Waals surface area contributed by atoms with Crippen molar-refractivity contribution in [1.29, 1.82) is 0 Å². The zero-order chi connectivity index (χ0) is 15.5. The lowest BCUT2D eigenvalue weighted by atomic mass is 9.78. The van der Waals surface area contributed by atoms with Crippen LogP contribution in [0.1, 0.15) is 54.4 Å². The van der Waals surface area contributed by atoms with Crippen LogP contribution in [0.2, 0.25) is 0 Å². The Morgan fingerprint density at radius 2 is 1.58 bits per heavy atom. The lowest BCUT2D eigenvalue weighted by molar-refractivity contribution is 0.117. The fraction of sp³-hybridized carbons (Fsp3) is 1.00. The first-order valence-corrected chi connectivity index (χ1v) is 8.73. The van der Waals surface area contributed by atoms with Crippen LogP contribution in [0.3, 0.4) is 0 Å². The monoisotopic (exact) mass is 293 g/mol. The van der Waals surface area contributed by atoms with E-state index >= 15 is 0 Å². The van der Waals surface area contributed by atoms with E-state index in [2.05, 4.69) is 20.8 Å². The third-order valence-corrected chi connectivity index (χ3v) is 5.04. The van der Waals surface area contributed by atoms with Gasteiger partial charge in [-0.2, -0.15) is 4.31 Å². The van der Waals surface area contributed by atoms with Crippen molar-refractivity contribution in [2.45, 2.75) is 59.9 Å². The molecule has 0 radical (unpaired) electrons. The van der Waals surface area contributed by atoms with Gasteiger partial charge in [-0.1, -0.05) is 20.8 Å². The number of rotatable bonds is 6. The summed E-state index contributed by atoms with van der Waals surface area (Å²) in [5.41, 5.74) is -0.351. The maximum absolute atomic E-state index is 11.8. The summed E-state index contributed by atoms with van der Waals surface area (Å²) >= 11 is 0. The molecule has 0 rings (SSSR count). The molecular formula is C14H31NO3S. The Bertz CT molecular complexity index is 363. The highest BCUT2D eigenvalue weighted by Gasteiger charge is 2.30. The van der Waals surface area contributed by atoms with E-state index in [0.29, 0.717) is 6.54 Å². The van der Waals surface area contributed by atoms with E-state index in [4.69, 9.17) is 0 Å². The van der Waals surface area contributed by atoms with E-state index in [9.17, 15) is 13.5 Å². The topological polar surface area (TPSA) is 57.6 Å². The van der Waals surface area contributed by atoms with Gasteiger partial charge in [0.05, 0.1) is 6.26 Å². The molecule has 0 aromatic heterocycles. The zero-order valence-corrected chi connectivity index (χ0v) is 14.3. The van der Waals surface area contributed by atoms with Crippen molar-refractivity contribution in [2.75, 3.05) is 19.4 Å². The Labute approximate surface area is 119 Å². The molecular weight excluding hydrogens is 262 g/mol. The van der Waals surface area contributed by atoms with Gasteiger partial charge >= 0.3 is 0 Å². The summed E-state index contributed by atoms with van der Waals surface area (Å²) < 4.78 is 25.1. The Hall–Kier alpha value is -0.130. The first-order valence-electron chi connectivity index (χ1n) is 6.89. The number of nitrogens with zero attached hydrogens (tertiary/aromatic N) is 1. The van der Waals surface area contributed by atoms with Gasteiger partial charge in [-0.15, -0.1) is 0 Å². The summed E-state index contributed by atoms with van der Waals surface area (Å²) in [6, 6.07) is 0. The summed E-state index contributed by atoms with van der Waals surface area (Å²) in [6.45, 7) is 12.7. The molecule has 1 atom stereocenters. The molecule has 0 saturated heterocycles. The summed E-state index contributed by atoms with van der Waals surface area (Å²) in [4.78, 5) is 0. The molecule has 0 fully saturated rings. The second-order valence-corrected chi connectivity index (χ2v) is 9.30. The summed E-state index contributed by atoms with van der Waals surface area (Å²) in [5.74, 6) is 0.203. The Morgan fingerprint density at radius 3 is 1.84 bits per heavy atom. The Kier molecular flexibility index (Phi) is 6.50. The van der Waals surface area contributed by atoms with Crippen molar-refractivity contribution >= 4 is 10.0 Å². The van der Waals surface area contributed by atoms with Gasteiger partial charge in [-0.3, -0.25) is 0 Å². The van der Waals surface area contributed by atoms with Crippen LogP contribution in [-0.4, -0.2) is 42.8 Å². The first kappa shape index (κ1) is 18.9. The van der Waals surface area contributed by atoms with E-state index in [0.717, 1.165) is 12.8 Å². The molecule has 19 heavy (non-hydrogen) atoms. The molecule has 1 unspecified atom stereocenters. The average molecular weight is 293 g/mol. The summed E-state index contributed by atoms with van der Waals surface area (Å²) in [7, 11) is -3.19. The van der Waals surface area contributed by atoms with Gasteiger partial charge in [-0.05, 0) is 44.9 Å². The predicted molar refractivity (Wildman–Crippen MR) is 80.6 cm³/mol. The first-order chi connectivity index (χ1) is 8.30. The minimum Gasteiger partial charge on any atom is -0.396 e. The van der Waals surface area contributed by atoms with Crippen molar-refractivity contribution in [1.82, 2.24) is 4.31 Å². The number of hydrogen-bond acceptors (Lipinski definition) is 3. The zero-order valence-electron chi connectivity index (χ0n) is 13.5. The molecule has 0 heterocycles. The fourth-order valence-electron chi connectivity index (χ4n) is 2.28. The molecule has 0 aliphatic carbocycles. The van der Waals surface area contributed by atoms with Crippen LogP contribution >= 0.6 is 0 Å². The molecule has 4 nitrogen and oxygen atoms in total. The van der Waals surface area contributed by atoms with E-state index in [1.807, 2.05) is 20.8 Å². The van der Waals surface area contributed by atoms with Crippen molar-refractivity contribution in [3.8, 4) is 0 Å². The van der Waals surface area contributed by atoms with Crippen LogP contribution < -0.4 is 0 Å². The minimum absolute atomic E-state index is 0.0480. The van der Waals surface area contributed by atoms with E-state index in [1.54, 1.807) is 0 Å². The molecule has 0 spiro atoms. The van der Waals surface area contributed by atoms with Gasteiger partial charge in [0.15, 0.2) is 0 Å². The average Bonchev–Trinajstić information content (AvgIpc) is 2.11. The minimum atomic E-state index is -3.19. The van der Waals surface area contributed by atoms with Gasteiger partial charge < -0.3 is 5.11 Å². The largest absolute Gasteiger partial charge is 0.396 e. The van der Waals surface area contributed by atoms with Gasteiger partial charge in [0, 0.05) is 18.7 Å². The molecule has 0 amide bonds. The van der Waals surface area contributed by atoms with E-state index in [-0.39, 0.29) is 17.9 Å². The lowest BCUT2D eigenvalue weighted by Gasteiger charge is -2.34. The number of aliphatic hydroxyl groups is 1.